The Bertz CT molecular complexity index is 706. The van der Waals surface area contributed by atoms with E-state index in [1.165, 1.54) is 0 Å². The Morgan fingerprint density at radius 3 is 1.46 bits per heavy atom. The molecule has 0 unspecified atom stereocenters. The average molecular weight is 378 g/mol. The molecule has 0 heterocycles. The van der Waals surface area contributed by atoms with E-state index in [-0.39, 0.29) is 11.8 Å². The first-order valence-electron chi connectivity index (χ1n) is 9.42. The number of carbonyl (C=O) groups excluding carboxylic acids is 2. The molecule has 0 saturated heterocycles. The number of nitrogens with zero attached hydrogens (tertiary/aromatic N) is 2. The minimum atomic E-state index is -0.148. The monoisotopic (exact) mass is 378 g/mol. The van der Waals surface area contributed by atoms with Crippen molar-refractivity contribution >= 4 is 24.2 Å². The molecule has 0 saturated carbocycles. The van der Waals surface area contributed by atoms with Crippen LogP contribution in [0.4, 0.5) is 0 Å². The fourth-order valence-corrected chi connectivity index (χ4v) is 2.45. The summed E-state index contributed by atoms with van der Waals surface area (Å²) in [6, 6.07) is 19.8. The summed E-state index contributed by atoms with van der Waals surface area (Å²) in [6.45, 7) is 0. The first kappa shape index (κ1) is 21.0. The zero-order chi connectivity index (χ0) is 19.9. The molecule has 0 radical (unpaired) electrons. The molecule has 0 aromatic heterocycles. The van der Waals surface area contributed by atoms with Gasteiger partial charge in [0.05, 0.1) is 0 Å². The molecule has 2 aromatic carbocycles. The number of nitrogens with one attached hydrogen (secondary N) is 2. The summed E-state index contributed by atoms with van der Waals surface area (Å²) in [4.78, 5) is 23.4. The molecule has 0 fully saturated rings. The zero-order valence-electron chi connectivity index (χ0n) is 15.9. The quantitative estimate of drug-likeness (QED) is 0.357. The van der Waals surface area contributed by atoms with Crippen LogP contribution in [0.25, 0.3) is 0 Å². The summed E-state index contributed by atoms with van der Waals surface area (Å²) < 4.78 is 0. The van der Waals surface area contributed by atoms with Gasteiger partial charge in [-0.15, -0.1) is 0 Å². The van der Waals surface area contributed by atoms with Crippen molar-refractivity contribution < 1.29 is 9.59 Å². The van der Waals surface area contributed by atoms with Gasteiger partial charge in [0.15, 0.2) is 0 Å². The molecule has 0 atom stereocenters. The summed E-state index contributed by atoms with van der Waals surface area (Å²) in [7, 11) is 0. The Morgan fingerprint density at radius 1 is 0.679 bits per heavy atom. The third kappa shape index (κ3) is 9.43. The number of hydrazone groups is 2. The van der Waals surface area contributed by atoms with Gasteiger partial charge in [-0.2, -0.15) is 10.2 Å². The lowest BCUT2D eigenvalue weighted by atomic mass is 10.2. The van der Waals surface area contributed by atoms with Gasteiger partial charge < -0.3 is 0 Å². The van der Waals surface area contributed by atoms with Crippen LogP contribution in [0.15, 0.2) is 70.9 Å². The first-order chi connectivity index (χ1) is 13.7. The molecule has 2 aromatic rings. The molecule has 2 N–H and O–H groups in total. The topological polar surface area (TPSA) is 82.9 Å². The van der Waals surface area contributed by atoms with Crippen LogP contribution in [0.1, 0.15) is 36.8 Å². The van der Waals surface area contributed by atoms with Crippen molar-refractivity contribution in [3.63, 3.8) is 0 Å². The third-order valence-electron chi connectivity index (χ3n) is 3.96. The maximum Gasteiger partial charge on any atom is 0.240 e. The van der Waals surface area contributed by atoms with Crippen LogP contribution in [0.3, 0.4) is 0 Å². The highest BCUT2D eigenvalue weighted by molar-refractivity contribution is 5.78. The Labute approximate surface area is 165 Å². The van der Waals surface area contributed by atoms with E-state index >= 15 is 0 Å². The number of rotatable bonds is 11. The highest BCUT2D eigenvalue weighted by Crippen LogP contribution is 2.01. The van der Waals surface area contributed by atoms with Crippen molar-refractivity contribution in [3.8, 4) is 0 Å². The number of amides is 2. The minimum Gasteiger partial charge on any atom is -0.273 e. The molecule has 0 aliphatic rings. The number of hydrogen-bond acceptors (Lipinski definition) is 4. The Morgan fingerprint density at radius 2 is 1.07 bits per heavy atom. The van der Waals surface area contributed by atoms with Gasteiger partial charge in [-0.05, 0) is 24.0 Å². The van der Waals surface area contributed by atoms with Crippen LogP contribution in [-0.4, -0.2) is 24.2 Å². The smallest absolute Gasteiger partial charge is 0.240 e. The molecular formula is C22H26N4O2. The highest BCUT2D eigenvalue weighted by atomic mass is 16.2. The standard InChI is InChI=1S/C22H26N4O2/c27-21(25-23-17-15-19-9-3-1-4-10-19)13-7-8-14-22(28)26-24-18-16-20-11-5-2-6-12-20/h1-6,9-12,17-18H,7-8,13-16H2,(H,25,27)(H,26,28). The van der Waals surface area contributed by atoms with E-state index in [9.17, 15) is 9.59 Å². The fourth-order valence-electron chi connectivity index (χ4n) is 2.45. The predicted octanol–water partition coefficient (Wildman–Crippen LogP) is 3.24. The van der Waals surface area contributed by atoms with Crippen molar-refractivity contribution in [2.45, 2.75) is 38.5 Å². The Balaban J connectivity index is 1.49. The van der Waals surface area contributed by atoms with Crippen LogP contribution in [0.2, 0.25) is 0 Å². The SMILES string of the molecule is O=C(CCCCC(=O)NN=CCc1ccccc1)NN=CCc1ccccc1. The largest absolute Gasteiger partial charge is 0.273 e. The van der Waals surface area contributed by atoms with E-state index in [2.05, 4.69) is 21.1 Å². The molecule has 0 bridgehead atoms. The van der Waals surface area contributed by atoms with E-state index in [0.29, 0.717) is 38.5 Å². The van der Waals surface area contributed by atoms with Crippen LogP contribution in [-0.2, 0) is 22.4 Å². The van der Waals surface area contributed by atoms with Gasteiger partial charge in [-0.25, -0.2) is 10.9 Å². The average Bonchev–Trinajstić information content (AvgIpc) is 2.73. The van der Waals surface area contributed by atoms with Crippen molar-refractivity contribution in [2.24, 2.45) is 10.2 Å². The second-order valence-corrected chi connectivity index (χ2v) is 6.28. The molecule has 6 heteroatoms. The van der Waals surface area contributed by atoms with Crippen molar-refractivity contribution in [2.75, 3.05) is 0 Å². The summed E-state index contributed by atoms with van der Waals surface area (Å²) in [6.07, 6.45) is 6.63. The maximum absolute atomic E-state index is 11.7. The predicted molar refractivity (Wildman–Crippen MR) is 112 cm³/mol. The molecule has 0 aliphatic carbocycles. The van der Waals surface area contributed by atoms with Gasteiger partial charge in [0.1, 0.15) is 0 Å². The second kappa shape index (κ2) is 13.0. The van der Waals surface area contributed by atoms with Gasteiger partial charge in [0, 0.05) is 38.1 Å². The molecule has 28 heavy (non-hydrogen) atoms. The highest BCUT2D eigenvalue weighted by Gasteiger charge is 2.02. The second-order valence-electron chi connectivity index (χ2n) is 6.28. The van der Waals surface area contributed by atoms with Crippen LogP contribution >= 0.6 is 0 Å². The summed E-state index contributed by atoms with van der Waals surface area (Å²) in [5, 5.41) is 7.86. The Hall–Kier alpha value is -3.28. The van der Waals surface area contributed by atoms with E-state index in [4.69, 9.17) is 0 Å². The molecule has 0 spiro atoms. The summed E-state index contributed by atoms with van der Waals surface area (Å²) >= 11 is 0. The molecule has 6 nitrogen and oxygen atoms in total. The van der Waals surface area contributed by atoms with Crippen molar-refractivity contribution in [1.82, 2.24) is 10.9 Å². The van der Waals surface area contributed by atoms with Crippen LogP contribution in [0.5, 0.6) is 0 Å². The number of carbonyl (C=O) groups is 2. The lowest BCUT2D eigenvalue weighted by Crippen LogP contribution is -2.19. The van der Waals surface area contributed by atoms with Gasteiger partial charge in [0.25, 0.3) is 0 Å². The van der Waals surface area contributed by atoms with Gasteiger partial charge in [-0.1, -0.05) is 60.7 Å². The van der Waals surface area contributed by atoms with Crippen LogP contribution < -0.4 is 10.9 Å². The zero-order valence-corrected chi connectivity index (χ0v) is 15.9. The van der Waals surface area contributed by atoms with Crippen molar-refractivity contribution in [3.05, 3.63) is 71.8 Å². The summed E-state index contributed by atoms with van der Waals surface area (Å²) in [5.74, 6) is -0.295. The van der Waals surface area contributed by atoms with Gasteiger partial charge in [-0.3, -0.25) is 9.59 Å². The molecule has 0 aliphatic heterocycles. The van der Waals surface area contributed by atoms with Gasteiger partial charge in [0.2, 0.25) is 11.8 Å². The minimum absolute atomic E-state index is 0.148. The number of unbranched alkanes of at least 4 members (excludes halogenated alkanes) is 1. The number of benzene rings is 2. The first-order valence-corrected chi connectivity index (χ1v) is 9.42. The molecular weight excluding hydrogens is 352 g/mol. The van der Waals surface area contributed by atoms with E-state index < -0.39 is 0 Å². The lowest BCUT2D eigenvalue weighted by Gasteiger charge is -2.01. The van der Waals surface area contributed by atoms with E-state index in [1.807, 2.05) is 60.7 Å². The Kier molecular flexibility index (Phi) is 9.74. The lowest BCUT2D eigenvalue weighted by molar-refractivity contribution is -0.123. The number of hydrogen-bond donors (Lipinski definition) is 2. The van der Waals surface area contributed by atoms with E-state index in [0.717, 1.165) is 11.1 Å². The third-order valence-corrected chi connectivity index (χ3v) is 3.96. The fraction of sp³-hybridized carbons (Fsp3) is 0.273. The normalized spacial score (nSPS) is 11.0. The van der Waals surface area contributed by atoms with E-state index in [1.54, 1.807) is 12.4 Å². The van der Waals surface area contributed by atoms with Crippen LogP contribution in [0, 0.1) is 0 Å². The molecule has 2 amide bonds. The van der Waals surface area contributed by atoms with Crippen molar-refractivity contribution in [1.29, 1.82) is 0 Å². The van der Waals surface area contributed by atoms with Gasteiger partial charge >= 0.3 is 0 Å². The maximum atomic E-state index is 11.7. The molecule has 2 rings (SSSR count). The summed E-state index contributed by atoms with van der Waals surface area (Å²) in [5.41, 5.74) is 7.28. The molecule has 146 valence electrons.